The molecule has 0 saturated carbocycles. The van der Waals surface area contributed by atoms with Crippen molar-refractivity contribution in [2.75, 3.05) is 14.2 Å². The maximum Gasteiger partial charge on any atom is 0.373 e. The molecule has 0 amide bonds. The van der Waals surface area contributed by atoms with E-state index in [1.807, 2.05) is 33.8 Å². The number of carboxylic acids is 1. The lowest BCUT2D eigenvalue weighted by atomic mass is 9.77. The summed E-state index contributed by atoms with van der Waals surface area (Å²) in [5.41, 5.74) is 1.56. The van der Waals surface area contributed by atoms with E-state index in [2.05, 4.69) is 0 Å². The van der Waals surface area contributed by atoms with Crippen molar-refractivity contribution in [1.29, 1.82) is 0 Å². The van der Waals surface area contributed by atoms with Crippen molar-refractivity contribution in [2.45, 2.75) is 130 Å². The van der Waals surface area contributed by atoms with Crippen molar-refractivity contribution in [3.05, 3.63) is 71.6 Å². The van der Waals surface area contributed by atoms with Gasteiger partial charge in [-0.1, -0.05) is 89.1 Å². The van der Waals surface area contributed by atoms with E-state index in [0.29, 0.717) is 24.5 Å². The number of hydrogen-bond acceptors (Lipinski definition) is 12. The second kappa shape index (κ2) is 22.4. The summed E-state index contributed by atoms with van der Waals surface area (Å²) in [6, 6.07) is 0. The van der Waals surface area contributed by atoms with Gasteiger partial charge >= 0.3 is 17.9 Å². The molecule has 2 aliphatic rings. The van der Waals surface area contributed by atoms with E-state index in [9.17, 15) is 34.8 Å². The van der Waals surface area contributed by atoms with E-state index in [1.54, 1.807) is 65.0 Å². The van der Waals surface area contributed by atoms with E-state index in [1.165, 1.54) is 20.3 Å². The molecule has 10 unspecified atom stereocenters. The highest BCUT2D eigenvalue weighted by atomic mass is 16.6. The number of hydrogen-bond donors (Lipinski definition) is 5. The second-order valence-corrected chi connectivity index (χ2v) is 15.5. The smallest absolute Gasteiger partial charge is 0.373 e. The minimum atomic E-state index is -2.05. The summed E-state index contributed by atoms with van der Waals surface area (Å²) < 4.78 is 29.2. The molecule has 0 spiro atoms. The average molecular weight is 791 g/mol. The molecule has 2 heterocycles. The Morgan fingerprint density at radius 3 is 2.32 bits per heavy atom. The number of ether oxygens (including phenoxy) is 5. The molecule has 56 heavy (non-hydrogen) atoms. The third-order valence-electron chi connectivity index (χ3n) is 11.2. The summed E-state index contributed by atoms with van der Waals surface area (Å²) >= 11 is 0. The van der Waals surface area contributed by atoms with Gasteiger partial charge in [-0.2, -0.15) is 0 Å². The van der Waals surface area contributed by atoms with E-state index >= 15 is 0 Å². The Hall–Kier alpha value is -3.59. The van der Waals surface area contributed by atoms with E-state index in [0.717, 1.165) is 11.6 Å². The molecule has 0 aliphatic carbocycles. The molecule has 14 atom stereocenters. The van der Waals surface area contributed by atoms with Crippen molar-refractivity contribution < 1.29 is 63.6 Å². The van der Waals surface area contributed by atoms with Crippen molar-refractivity contribution in [3.8, 4) is 0 Å². The fourth-order valence-electron chi connectivity index (χ4n) is 7.64. The maximum absolute atomic E-state index is 13.8. The molecule has 13 nitrogen and oxygen atoms in total. The Labute approximate surface area is 332 Å². The monoisotopic (exact) mass is 790 g/mol. The van der Waals surface area contributed by atoms with Crippen LogP contribution in [-0.2, 0) is 38.1 Å². The maximum atomic E-state index is 13.8. The number of methoxy groups -OCH3 is 2. The van der Waals surface area contributed by atoms with Gasteiger partial charge in [0.1, 0.15) is 18.3 Å². The molecule has 0 aromatic heterocycles. The number of aliphatic carboxylic acids is 1. The average Bonchev–Trinajstić information content (AvgIpc) is 3.14. The van der Waals surface area contributed by atoms with Crippen LogP contribution in [0.3, 0.4) is 0 Å². The van der Waals surface area contributed by atoms with Gasteiger partial charge in [0, 0.05) is 55.3 Å². The molecular formula is C43H66O13. The third-order valence-corrected chi connectivity index (χ3v) is 11.2. The van der Waals surface area contributed by atoms with E-state index < -0.39 is 84.2 Å². The van der Waals surface area contributed by atoms with Gasteiger partial charge in [0.05, 0.1) is 31.5 Å². The zero-order chi connectivity index (χ0) is 42.5. The summed E-state index contributed by atoms with van der Waals surface area (Å²) in [5, 5.41) is 55.6. The number of cyclic esters (lactones) is 1. The number of carbonyl (C=O) groups is 3. The molecule has 2 aliphatic heterocycles. The Bertz CT molecular complexity index is 1490. The lowest BCUT2D eigenvalue weighted by Gasteiger charge is -2.48. The van der Waals surface area contributed by atoms with Crippen LogP contribution in [0.5, 0.6) is 0 Å². The number of rotatable bonds is 11. The summed E-state index contributed by atoms with van der Waals surface area (Å²) in [6.45, 7) is 16.2. The normalized spacial score (nSPS) is 38.0. The number of allylic oxidation sites excluding steroid dienone is 6. The topological polar surface area (TPSA) is 199 Å². The van der Waals surface area contributed by atoms with Crippen LogP contribution in [0.2, 0.25) is 0 Å². The first-order chi connectivity index (χ1) is 26.2. The molecule has 5 N–H and O–H groups in total. The van der Waals surface area contributed by atoms with E-state index in [-0.39, 0.29) is 29.9 Å². The summed E-state index contributed by atoms with van der Waals surface area (Å²) in [7, 11) is 2.76. The predicted octanol–water partition coefficient (Wildman–Crippen LogP) is 5.19. The molecule has 2 rings (SSSR count). The molecule has 0 radical (unpaired) electrons. The Morgan fingerprint density at radius 2 is 1.75 bits per heavy atom. The van der Waals surface area contributed by atoms with Crippen LogP contribution < -0.4 is 0 Å². The van der Waals surface area contributed by atoms with Crippen LogP contribution in [-0.4, -0.2) is 106 Å². The fourth-order valence-corrected chi connectivity index (χ4v) is 7.64. The number of esters is 2. The van der Waals surface area contributed by atoms with Crippen LogP contribution in [0, 0.1) is 35.5 Å². The van der Waals surface area contributed by atoms with Crippen molar-refractivity contribution in [3.63, 3.8) is 0 Å². The van der Waals surface area contributed by atoms with Gasteiger partial charge in [-0.15, -0.1) is 0 Å². The third kappa shape index (κ3) is 13.2. The van der Waals surface area contributed by atoms with Gasteiger partial charge in [-0.3, -0.25) is 0 Å². The first-order valence-corrected chi connectivity index (χ1v) is 19.5. The fraction of sp³-hybridized carbons (Fsp3) is 0.651. The molecule has 0 bridgehead atoms. The highest BCUT2D eigenvalue weighted by Crippen LogP contribution is 2.41. The minimum absolute atomic E-state index is 0.143. The zero-order valence-corrected chi connectivity index (χ0v) is 34.8. The van der Waals surface area contributed by atoms with E-state index in [4.69, 9.17) is 28.8 Å². The van der Waals surface area contributed by atoms with Crippen LogP contribution >= 0.6 is 0 Å². The van der Waals surface area contributed by atoms with Crippen molar-refractivity contribution in [1.82, 2.24) is 0 Å². The Kier molecular flexibility index (Phi) is 19.4. The van der Waals surface area contributed by atoms with Crippen LogP contribution in [0.25, 0.3) is 0 Å². The number of aliphatic hydroxyl groups is 4. The lowest BCUT2D eigenvalue weighted by Crippen LogP contribution is -2.58. The van der Waals surface area contributed by atoms with Crippen LogP contribution in [0.4, 0.5) is 0 Å². The second-order valence-electron chi connectivity index (χ2n) is 15.5. The van der Waals surface area contributed by atoms with Gasteiger partial charge < -0.3 is 49.2 Å². The van der Waals surface area contributed by atoms with Gasteiger partial charge in [0.2, 0.25) is 5.76 Å². The molecule has 0 aromatic carbocycles. The first kappa shape index (κ1) is 48.6. The largest absolute Gasteiger partial charge is 0.490 e. The highest BCUT2D eigenvalue weighted by Gasteiger charge is 2.52. The molecule has 1 fully saturated rings. The molecule has 13 heteroatoms. The number of carboxylic acid groups (broad SMARTS) is 1. The number of aliphatic hydroxyl groups excluding tert-OH is 3. The zero-order valence-electron chi connectivity index (χ0n) is 34.8. The molecule has 0 aromatic rings. The van der Waals surface area contributed by atoms with Gasteiger partial charge in [-0.05, 0) is 45.6 Å². The summed E-state index contributed by atoms with van der Waals surface area (Å²) in [6.07, 6.45) is 7.61. The minimum Gasteiger partial charge on any atom is -0.490 e. The lowest BCUT2D eigenvalue weighted by molar-refractivity contribution is -0.314. The highest BCUT2D eigenvalue weighted by molar-refractivity contribution is 5.90. The van der Waals surface area contributed by atoms with Gasteiger partial charge in [0.25, 0.3) is 0 Å². The standard InChI is InChI=1S/C43H66O13/c1-12-15-32-28(7)35(54-37(46)19-18-36(44)45)23-43(51,56-32)30(9)40(49)29(8)41-33(52-10)17-14-16-24(3)20-26(5)38(47)31(13-2)39(48)27(6)21-25(4)22-34(53-11)42(50)55-41/h12,14-19,21-22,26-33,35,38-41,47-49,51H,13,20,23H2,1-11H3,(H,44,45)/b15-12+,17-14+,19-18+,24-16+,25-21+,34-22-/t26?,27?,28-,29?,30?,31?,32-,33?,35-,38?,39?,40?,41?,43+/m1/s1. The first-order valence-electron chi connectivity index (χ1n) is 19.5. The molecular weight excluding hydrogens is 724 g/mol. The predicted molar refractivity (Wildman–Crippen MR) is 211 cm³/mol. The quantitative estimate of drug-likeness (QED) is 0.104. The van der Waals surface area contributed by atoms with Crippen LogP contribution in [0.1, 0.15) is 81.6 Å². The summed E-state index contributed by atoms with van der Waals surface area (Å²) in [4.78, 5) is 37.3. The molecule has 316 valence electrons. The van der Waals surface area contributed by atoms with Crippen LogP contribution in [0.15, 0.2) is 71.6 Å². The summed E-state index contributed by atoms with van der Waals surface area (Å²) in [5.74, 6) is -8.60. The SMILES string of the molecule is C/C=C/[C@H]1O[C@](O)(C(C)C(O)C(C)C2OC(=O)/C(OC)=C/C(C)=C/C(C)C(O)C(CC)C(O)C(C)C/C(C)=C/C=C/C2OC)C[C@@H](OC(=O)/C=C/C(=O)O)[C@@H]1C. The van der Waals surface area contributed by atoms with Crippen molar-refractivity contribution >= 4 is 17.9 Å². The van der Waals surface area contributed by atoms with Gasteiger partial charge in [0.15, 0.2) is 5.79 Å². The van der Waals surface area contributed by atoms with Crippen molar-refractivity contribution in [2.24, 2.45) is 35.5 Å². The number of carbonyl (C=O) groups excluding carboxylic acids is 2. The molecule has 1 saturated heterocycles. The van der Waals surface area contributed by atoms with Gasteiger partial charge in [-0.25, -0.2) is 14.4 Å². The Morgan fingerprint density at radius 1 is 1.09 bits per heavy atom. The Balaban J connectivity index is 2.61.